The standard InChI is InChI=1S/C21H22N4O4S2/c1-14-9-11-17(12-10-14)31(28,29)25(3)13-18(26)23-24-20(27)19-15(2)22-21(30-19)16-7-5-4-6-8-16/h4-12H,13H2,1-3H3,(H,23,26)(H,24,27). The Balaban J connectivity index is 1.60. The van der Waals surface area contributed by atoms with Crippen LogP contribution in [0.5, 0.6) is 0 Å². The van der Waals surface area contributed by atoms with Crippen LogP contribution in [-0.2, 0) is 14.8 Å². The zero-order chi connectivity index (χ0) is 22.6. The van der Waals surface area contributed by atoms with E-state index in [4.69, 9.17) is 0 Å². The summed E-state index contributed by atoms with van der Waals surface area (Å²) in [7, 11) is -2.52. The number of rotatable bonds is 6. The molecular formula is C21H22N4O4S2. The highest BCUT2D eigenvalue weighted by Gasteiger charge is 2.23. The van der Waals surface area contributed by atoms with Gasteiger partial charge < -0.3 is 0 Å². The highest BCUT2D eigenvalue weighted by molar-refractivity contribution is 7.89. The average Bonchev–Trinajstić information content (AvgIpc) is 3.14. The number of aromatic nitrogens is 1. The smallest absolute Gasteiger partial charge is 0.272 e. The number of benzene rings is 2. The summed E-state index contributed by atoms with van der Waals surface area (Å²) in [6.45, 7) is 3.11. The molecule has 0 atom stereocenters. The van der Waals surface area contributed by atoms with E-state index in [2.05, 4.69) is 15.8 Å². The van der Waals surface area contributed by atoms with Crippen LogP contribution in [0.15, 0.2) is 59.5 Å². The molecule has 0 aliphatic rings. The molecule has 3 rings (SSSR count). The molecule has 0 saturated heterocycles. The fraction of sp³-hybridized carbons (Fsp3) is 0.190. The Labute approximate surface area is 185 Å². The summed E-state index contributed by atoms with van der Waals surface area (Å²) in [5.74, 6) is -1.19. The van der Waals surface area contributed by atoms with Crippen molar-refractivity contribution < 1.29 is 18.0 Å². The highest BCUT2D eigenvalue weighted by Crippen LogP contribution is 2.27. The SMILES string of the molecule is Cc1ccc(S(=O)(=O)N(C)CC(=O)NNC(=O)c2sc(-c3ccccc3)nc2C)cc1. The minimum atomic E-state index is -3.82. The number of amides is 2. The third kappa shape index (κ3) is 5.35. The molecule has 0 bridgehead atoms. The van der Waals surface area contributed by atoms with Gasteiger partial charge in [-0.2, -0.15) is 4.31 Å². The zero-order valence-electron chi connectivity index (χ0n) is 17.2. The Kier molecular flexibility index (Phi) is 6.84. The Morgan fingerprint density at radius 2 is 1.65 bits per heavy atom. The van der Waals surface area contributed by atoms with Crippen LogP contribution >= 0.6 is 11.3 Å². The van der Waals surface area contributed by atoms with Gasteiger partial charge in [-0.05, 0) is 26.0 Å². The predicted octanol–water partition coefficient (Wildman–Crippen LogP) is 2.51. The molecule has 0 fully saturated rings. The highest BCUT2D eigenvalue weighted by atomic mass is 32.2. The minimum absolute atomic E-state index is 0.0890. The number of sulfonamides is 1. The number of hydrogen-bond donors (Lipinski definition) is 2. The Morgan fingerprint density at radius 1 is 1.00 bits per heavy atom. The number of hydrazine groups is 1. The molecule has 1 aromatic heterocycles. The van der Waals surface area contributed by atoms with Crippen molar-refractivity contribution in [2.75, 3.05) is 13.6 Å². The van der Waals surface area contributed by atoms with Gasteiger partial charge in [0, 0.05) is 12.6 Å². The summed E-state index contributed by atoms with van der Waals surface area (Å²) in [5, 5.41) is 0.693. The van der Waals surface area contributed by atoms with E-state index in [1.54, 1.807) is 19.1 Å². The second-order valence-electron chi connectivity index (χ2n) is 6.88. The van der Waals surface area contributed by atoms with Crippen LogP contribution in [0.2, 0.25) is 0 Å². The number of thiazole rings is 1. The van der Waals surface area contributed by atoms with Crippen molar-refractivity contribution in [2.24, 2.45) is 0 Å². The number of likely N-dealkylation sites (N-methyl/N-ethyl adjacent to an activating group) is 1. The maximum Gasteiger partial charge on any atom is 0.281 e. The molecule has 0 aliphatic heterocycles. The lowest BCUT2D eigenvalue weighted by Gasteiger charge is -2.17. The minimum Gasteiger partial charge on any atom is -0.272 e. The first-order valence-electron chi connectivity index (χ1n) is 9.33. The van der Waals surface area contributed by atoms with E-state index in [1.807, 2.05) is 37.3 Å². The van der Waals surface area contributed by atoms with E-state index in [0.29, 0.717) is 15.6 Å². The number of nitrogens with zero attached hydrogens (tertiary/aromatic N) is 2. The zero-order valence-corrected chi connectivity index (χ0v) is 18.9. The number of nitrogens with one attached hydrogen (secondary N) is 2. The van der Waals surface area contributed by atoms with Gasteiger partial charge in [0.1, 0.15) is 9.88 Å². The third-order valence-electron chi connectivity index (χ3n) is 4.43. The van der Waals surface area contributed by atoms with Gasteiger partial charge >= 0.3 is 0 Å². The van der Waals surface area contributed by atoms with E-state index >= 15 is 0 Å². The lowest BCUT2D eigenvalue weighted by Crippen LogP contribution is -2.46. The molecule has 0 radical (unpaired) electrons. The summed E-state index contributed by atoms with van der Waals surface area (Å²) >= 11 is 1.21. The first-order chi connectivity index (χ1) is 14.7. The van der Waals surface area contributed by atoms with Gasteiger partial charge in [0.2, 0.25) is 10.0 Å². The number of hydrogen-bond acceptors (Lipinski definition) is 6. The van der Waals surface area contributed by atoms with Crippen molar-refractivity contribution in [1.82, 2.24) is 20.1 Å². The molecule has 2 aromatic carbocycles. The molecule has 31 heavy (non-hydrogen) atoms. The normalized spacial score (nSPS) is 11.4. The van der Waals surface area contributed by atoms with Crippen LogP contribution in [0.25, 0.3) is 10.6 Å². The summed E-state index contributed by atoms with van der Waals surface area (Å²) in [5.41, 5.74) is 6.93. The van der Waals surface area contributed by atoms with Crippen molar-refractivity contribution >= 4 is 33.2 Å². The monoisotopic (exact) mass is 458 g/mol. The van der Waals surface area contributed by atoms with Gasteiger partial charge in [-0.15, -0.1) is 11.3 Å². The number of aryl methyl sites for hydroxylation is 2. The lowest BCUT2D eigenvalue weighted by atomic mass is 10.2. The largest absolute Gasteiger partial charge is 0.281 e. The molecule has 10 heteroatoms. The predicted molar refractivity (Wildman–Crippen MR) is 119 cm³/mol. The maximum absolute atomic E-state index is 12.6. The fourth-order valence-electron chi connectivity index (χ4n) is 2.71. The van der Waals surface area contributed by atoms with E-state index in [1.165, 1.54) is 30.5 Å². The van der Waals surface area contributed by atoms with E-state index < -0.39 is 28.4 Å². The van der Waals surface area contributed by atoms with Gasteiger partial charge in [-0.3, -0.25) is 20.4 Å². The van der Waals surface area contributed by atoms with Crippen LogP contribution in [0, 0.1) is 13.8 Å². The van der Waals surface area contributed by atoms with Crippen LogP contribution in [-0.4, -0.2) is 43.1 Å². The summed E-state index contributed by atoms with van der Waals surface area (Å²) in [4.78, 5) is 29.5. The third-order valence-corrected chi connectivity index (χ3v) is 7.46. The van der Waals surface area contributed by atoms with E-state index in [0.717, 1.165) is 15.4 Å². The van der Waals surface area contributed by atoms with Crippen molar-refractivity contribution in [2.45, 2.75) is 18.7 Å². The van der Waals surface area contributed by atoms with Crippen LogP contribution in [0.1, 0.15) is 20.9 Å². The number of carbonyl (C=O) groups is 2. The molecule has 1 heterocycles. The second-order valence-corrected chi connectivity index (χ2v) is 9.92. The summed E-state index contributed by atoms with van der Waals surface area (Å²) in [6.07, 6.45) is 0. The molecular weight excluding hydrogens is 436 g/mol. The van der Waals surface area contributed by atoms with E-state index in [-0.39, 0.29) is 4.90 Å². The second kappa shape index (κ2) is 9.38. The number of carbonyl (C=O) groups excluding carboxylic acids is 2. The molecule has 162 valence electrons. The summed E-state index contributed by atoms with van der Waals surface area (Å²) < 4.78 is 26.1. The van der Waals surface area contributed by atoms with Crippen LogP contribution in [0.3, 0.4) is 0 Å². The molecule has 0 unspecified atom stereocenters. The molecule has 2 N–H and O–H groups in total. The quantitative estimate of drug-likeness (QED) is 0.552. The lowest BCUT2D eigenvalue weighted by molar-refractivity contribution is -0.121. The summed E-state index contributed by atoms with van der Waals surface area (Å²) in [6, 6.07) is 15.8. The van der Waals surface area contributed by atoms with Crippen molar-refractivity contribution in [3.05, 3.63) is 70.7 Å². The van der Waals surface area contributed by atoms with Crippen LogP contribution in [0.4, 0.5) is 0 Å². The molecule has 0 spiro atoms. The van der Waals surface area contributed by atoms with Crippen molar-refractivity contribution in [1.29, 1.82) is 0 Å². The van der Waals surface area contributed by atoms with Crippen molar-refractivity contribution in [3.8, 4) is 10.6 Å². The van der Waals surface area contributed by atoms with Crippen molar-refractivity contribution in [3.63, 3.8) is 0 Å². The molecule has 0 aliphatic carbocycles. The Bertz CT molecular complexity index is 1190. The molecule has 2 amide bonds. The molecule has 0 saturated carbocycles. The van der Waals surface area contributed by atoms with Gasteiger partial charge in [-0.25, -0.2) is 13.4 Å². The first kappa shape index (κ1) is 22.6. The van der Waals surface area contributed by atoms with Crippen LogP contribution < -0.4 is 10.9 Å². The topological polar surface area (TPSA) is 108 Å². The molecule has 3 aromatic rings. The van der Waals surface area contributed by atoms with Gasteiger partial charge in [0.05, 0.1) is 17.1 Å². The van der Waals surface area contributed by atoms with Gasteiger partial charge in [0.25, 0.3) is 11.8 Å². The average molecular weight is 459 g/mol. The Hall–Kier alpha value is -3.08. The van der Waals surface area contributed by atoms with E-state index in [9.17, 15) is 18.0 Å². The Morgan fingerprint density at radius 3 is 2.29 bits per heavy atom. The first-order valence-corrected chi connectivity index (χ1v) is 11.6. The van der Waals surface area contributed by atoms with Gasteiger partial charge in [0.15, 0.2) is 0 Å². The molecule has 8 nitrogen and oxygen atoms in total. The fourth-order valence-corrected chi connectivity index (χ4v) is 4.81. The van der Waals surface area contributed by atoms with Gasteiger partial charge in [-0.1, -0.05) is 48.0 Å². The maximum atomic E-state index is 12.6.